The molecule has 2 aromatic rings. The standard InChI is InChI=1S/C16H23N3O/c1-3-9-18-16(20)12-19-10-8-14-13(11-17-4-2)6-5-7-15(14)19/h5-8,10,17H,3-4,9,11-12H2,1-2H3,(H,18,20). The zero-order chi connectivity index (χ0) is 14.4. The van der Waals surface area contributed by atoms with Crippen LogP contribution in [-0.4, -0.2) is 23.6 Å². The van der Waals surface area contributed by atoms with E-state index in [9.17, 15) is 4.79 Å². The lowest BCUT2D eigenvalue weighted by molar-refractivity contribution is -0.121. The minimum absolute atomic E-state index is 0.0708. The van der Waals surface area contributed by atoms with Gasteiger partial charge in [-0.1, -0.05) is 26.0 Å². The number of hydrogen-bond donors (Lipinski definition) is 2. The van der Waals surface area contributed by atoms with Crippen molar-refractivity contribution in [3.05, 3.63) is 36.0 Å². The molecule has 0 aliphatic heterocycles. The molecule has 1 amide bonds. The Hall–Kier alpha value is -1.81. The van der Waals surface area contributed by atoms with E-state index >= 15 is 0 Å². The maximum absolute atomic E-state index is 11.8. The zero-order valence-electron chi connectivity index (χ0n) is 12.3. The van der Waals surface area contributed by atoms with E-state index < -0.39 is 0 Å². The van der Waals surface area contributed by atoms with Crippen LogP contribution in [-0.2, 0) is 17.9 Å². The highest BCUT2D eigenvalue weighted by Crippen LogP contribution is 2.20. The Balaban J connectivity index is 2.17. The molecule has 108 valence electrons. The molecule has 0 fully saturated rings. The van der Waals surface area contributed by atoms with Crippen molar-refractivity contribution in [1.29, 1.82) is 0 Å². The maximum Gasteiger partial charge on any atom is 0.239 e. The Morgan fingerprint density at radius 1 is 1.25 bits per heavy atom. The molecular formula is C16H23N3O. The number of rotatable bonds is 7. The third-order valence-electron chi connectivity index (χ3n) is 3.36. The van der Waals surface area contributed by atoms with Gasteiger partial charge in [0.1, 0.15) is 6.54 Å². The number of amides is 1. The lowest BCUT2D eigenvalue weighted by Crippen LogP contribution is -2.27. The Morgan fingerprint density at radius 2 is 2.10 bits per heavy atom. The Morgan fingerprint density at radius 3 is 2.85 bits per heavy atom. The molecule has 2 N–H and O–H groups in total. The van der Waals surface area contributed by atoms with E-state index in [0.29, 0.717) is 6.54 Å². The van der Waals surface area contributed by atoms with E-state index in [-0.39, 0.29) is 5.91 Å². The number of hydrogen-bond acceptors (Lipinski definition) is 2. The first-order valence-electron chi connectivity index (χ1n) is 7.30. The van der Waals surface area contributed by atoms with Crippen LogP contribution >= 0.6 is 0 Å². The van der Waals surface area contributed by atoms with Crippen LogP contribution in [0.15, 0.2) is 30.5 Å². The number of carbonyl (C=O) groups excluding carboxylic acids is 1. The van der Waals surface area contributed by atoms with Gasteiger partial charge < -0.3 is 15.2 Å². The fourth-order valence-corrected chi connectivity index (χ4v) is 2.31. The van der Waals surface area contributed by atoms with Crippen LogP contribution in [0.25, 0.3) is 10.9 Å². The van der Waals surface area contributed by atoms with Crippen molar-refractivity contribution in [3.63, 3.8) is 0 Å². The SMILES string of the molecule is CCCNC(=O)Cn1ccc2c(CNCC)cccc21. The highest BCUT2D eigenvalue weighted by Gasteiger charge is 2.08. The monoisotopic (exact) mass is 273 g/mol. The van der Waals surface area contributed by atoms with E-state index in [0.717, 1.165) is 31.6 Å². The minimum Gasteiger partial charge on any atom is -0.355 e. The van der Waals surface area contributed by atoms with Crippen LogP contribution in [0.4, 0.5) is 0 Å². The highest BCUT2D eigenvalue weighted by atomic mass is 16.1. The van der Waals surface area contributed by atoms with Gasteiger partial charge in [0.2, 0.25) is 5.91 Å². The molecule has 0 saturated heterocycles. The predicted molar refractivity (Wildman–Crippen MR) is 82.6 cm³/mol. The van der Waals surface area contributed by atoms with Crippen molar-refractivity contribution in [2.75, 3.05) is 13.1 Å². The summed E-state index contributed by atoms with van der Waals surface area (Å²) in [6.07, 6.45) is 2.95. The molecule has 1 heterocycles. The topological polar surface area (TPSA) is 46.1 Å². The highest BCUT2D eigenvalue weighted by molar-refractivity contribution is 5.85. The third kappa shape index (κ3) is 3.39. The van der Waals surface area contributed by atoms with Gasteiger partial charge >= 0.3 is 0 Å². The lowest BCUT2D eigenvalue weighted by atomic mass is 10.1. The molecule has 2 rings (SSSR count). The summed E-state index contributed by atoms with van der Waals surface area (Å²) in [4.78, 5) is 11.8. The van der Waals surface area contributed by atoms with Gasteiger partial charge in [0.05, 0.1) is 0 Å². The van der Waals surface area contributed by atoms with Crippen molar-refractivity contribution in [1.82, 2.24) is 15.2 Å². The van der Waals surface area contributed by atoms with E-state index in [1.165, 1.54) is 10.9 Å². The summed E-state index contributed by atoms with van der Waals surface area (Å²) in [6.45, 7) is 7.09. The average Bonchev–Trinajstić information content (AvgIpc) is 2.86. The number of benzene rings is 1. The normalized spacial score (nSPS) is 10.9. The van der Waals surface area contributed by atoms with Gasteiger partial charge in [-0.25, -0.2) is 0 Å². The lowest BCUT2D eigenvalue weighted by Gasteiger charge is -2.08. The molecule has 0 radical (unpaired) electrons. The summed E-state index contributed by atoms with van der Waals surface area (Å²) >= 11 is 0. The van der Waals surface area contributed by atoms with Crippen molar-refractivity contribution in [3.8, 4) is 0 Å². The average molecular weight is 273 g/mol. The smallest absolute Gasteiger partial charge is 0.239 e. The van der Waals surface area contributed by atoms with Crippen LogP contribution in [0.2, 0.25) is 0 Å². The number of nitrogens with one attached hydrogen (secondary N) is 2. The van der Waals surface area contributed by atoms with Crippen molar-refractivity contribution in [2.45, 2.75) is 33.4 Å². The Labute approximate surface area is 120 Å². The molecular weight excluding hydrogens is 250 g/mol. The van der Waals surface area contributed by atoms with Crippen LogP contribution < -0.4 is 10.6 Å². The molecule has 0 saturated carbocycles. The van der Waals surface area contributed by atoms with E-state index in [1.807, 2.05) is 10.8 Å². The quantitative estimate of drug-likeness (QED) is 0.813. The Bertz CT molecular complexity index is 574. The molecule has 0 unspecified atom stereocenters. The molecule has 4 nitrogen and oxygen atoms in total. The van der Waals surface area contributed by atoms with Crippen molar-refractivity contribution >= 4 is 16.8 Å². The van der Waals surface area contributed by atoms with Gasteiger partial charge in [-0.3, -0.25) is 4.79 Å². The van der Waals surface area contributed by atoms with Gasteiger partial charge in [0.15, 0.2) is 0 Å². The minimum atomic E-state index is 0.0708. The van der Waals surface area contributed by atoms with Crippen molar-refractivity contribution < 1.29 is 4.79 Å². The summed E-state index contributed by atoms with van der Waals surface area (Å²) in [6, 6.07) is 8.34. The number of nitrogens with zero attached hydrogens (tertiary/aromatic N) is 1. The molecule has 0 atom stereocenters. The molecule has 1 aromatic heterocycles. The van der Waals surface area contributed by atoms with Crippen LogP contribution in [0, 0.1) is 0 Å². The molecule has 0 aliphatic carbocycles. The van der Waals surface area contributed by atoms with Gasteiger partial charge in [-0.05, 0) is 30.7 Å². The number of fused-ring (bicyclic) bond motifs is 1. The number of carbonyl (C=O) groups is 1. The van der Waals surface area contributed by atoms with Crippen LogP contribution in [0.3, 0.4) is 0 Å². The number of aromatic nitrogens is 1. The summed E-state index contributed by atoms with van der Waals surface area (Å²) < 4.78 is 2.01. The molecule has 20 heavy (non-hydrogen) atoms. The van der Waals surface area contributed by atoms with Crippen LogP contribution in [0.5, 0.6) is 0 Å². The molecule has 1 aromatic carbocycles. The van der Waals surface area contributed by atoms with Crippen molar-refractivity contribution in [2.24, 2.45) is 0 Å². The summed E-state index contributed by atoms with van der Waals surface area (Å²) in [5.74, 6) is 0.0708. The molecule has 4 heteroatoms. The fourth-order valence-electron chi connectivity index (χ4n) is 2.31. The van der Waals surface area contributed by atoms with E-state index in [4.69, 9.17) is 0 Å². The first-order valence-corrected chi connectivity index (χ1v) is 7.30. The molecule has 0 spiro atoms. The van der Waals surface area contributed by atoms with Gasteiger partial charge in [0, 0.05) is 30.2 Å². The van der Waals surface area contributed by atoms with E-state index in [1.54, 1.807) is 0 Å². The van der Waals surface area contributed by atoms with Gasteiger partial charge in [0.25, 0.3) is 0 Å². The van der Waals surface area contributed by atoms with E-state index in [2.05, 4.69) is 48.7 Å². The Kier molecular flexibility index (Phi) is 5.18. The molecule has 0 aliphatic rings. The summed E-state index contributed by atoms with van der Waals surface area (Å²) in [5, 5.41) is 7.48. The zero-order valence-corrected chi connectivity index (χ0v) is 12.3. The second-order valence-corrected chi connectivity index (χ2v) is 4.92. The third-order valence-corrected chi connectivity index (χ3v) is 3.36. The second-order valence-electron chi connectivity index (χ2n) is 4.92. The molecule has 0 bridgehead atoms. The largest absolute Gasteiger partial charge is 0.355 e. The fraction of sp³-hybridized carbons (Fsp3) is 0.438. The second kappa shape index (κ2) is 7.10. The van der Waals surface area contributed by atoms with Crippen LogP contribution in [0.1, 0.15) is 25.8 Å². The predicted octanol–water partition coefficient (Wildman–Crippen LogP) is 2.28. The maximum atomic E-state index is 11.8. The summed E-state index contributed by atoms with van der Waals surface area (Å²) in [5.41, 5.74) is 2.39. The first kappa shape index (κ1) is 14.6. The first-order chi connectivity index (χ1) is 9.76. The van der Waals surface area contributed by atoms with Gasteiger partial charge in [-0.2, -0.15) is 0 Å². The summed E-state index contributed by atoms with van der Waals surface area (Å²) in [7, 11) is 0. The van der Waals surface area contributed by atoms with Gasteiger partial charge in [-0.15, -0.1) is 0 Å².